The topological polar surface area (TPSA) is 66.8 Å². The molecule has 1 N–H and O–H groups in total. The molecule has 0 radical (unpaired) electrons. The van der Waals surface area contributed by atoms with Gasteiger partial charge >= 0.3 is 0 Å². The Balaban J connectivity index is 2.75. The highest BCUT2D eigenvalue weighted by Crippen LogP contribution is 2.16. The van der Waals surface area contributed by atoms with Gasteiger partial charge in [0.2, 0.25) is 10.0 Å². The summed E-state index contributed by atoms with van der Waals surface area (Å²) in [5.41, 5.74) is 0. The maximum Gasteiger partial charge on any atom is 0.228 e. The first-order valence-electron chi connectivity index (χ1n) is 4.29. The lowest BCUT2D eigenvalue weighted by atomic mass is 10.2. The van der Waals surface area contributed by atoms with Gasteiger partial charge in [0.15, 0.2) is 0 Å². The molecule has 14 heavy (non-hydrogen) atoms. The van der Waals surface area contributed by atoms with Gasteiger partial charge < -0.3 is 9.84 Å². The fraction of sp³-hybridized carbons (Fsp3) is 1.00. The third kappa shape index (κ3) is 2.58. The standard InChI is InChI=1S/C7H14ClNO4S/c1-6-4-13-7(3-10)2-9(6)14(11,12)5-8/h6-7,10H,2-5H2,1H3. The van der Waals surface area contributed by atoms with Crippen molar-refractivity contribution in [3.63, 3.8) is 0 Å². The van der Waals surface area contributed by atoms with E-state index in [0.717, 1.165) is 0 Å². The predicted octanol–water partition coefficient (Wildman–Crippen LogP) is -0.406. The van der Waals surface area contributed by atoms with Crippen molar-refractivity contribution in [1.29, 1.82) is 0 Å². The number of hydrogen-bond acceptors (Lipinski definition) is 4. The van der Waals surface area contributed by atoms with E-state index in [1.54, 1.807) is 6.92 Å². The Morgan fingerprint density at radius 1 is 1.64 bits per heavy atom. The highest BCUT2D eigenvalue weighted by Gasteiger charge is 2.33. The Hall–Kier alpha value is 0.120. The maximum absolute atomic E-state index is 11.5. The third-order valence-corrected chi connectivity index (χ3v) is 4.47. The summed E-state index contributed by atoms with van der Waals surface area (Å²) in [7, 11) is -3.41. The van der Waals surface area contributed by atoms with Gasteiger partial charge in [-0.15, -0.1) is 11.6 Å². The van der Waals surface area contributed by atoms with E-state index in [-0.39, 0.29) is 19.2 Å². The zero-order chi connectivity index (χ0) is 10.8. The first-order valence-corrected chi connectivity index (χ1v) is 6.43. The van der Waals surface area contributed by atoms with E-state index in [0.29, 0.717) is 6.61 Å². The molecule has 1 aliphatic rings. The van der Waals surface area contributed by atoms with Crippen LogP contribution in [-0.4, -0.2) is 54.9 Å². The molecular formula is C7H14ClNO4S. The molecule has 7 heteroatoms. The van der Waals surface area contributed by atoms with Crippen LogP contribution in [0.3, 0.4) is 0 Å². The van der Waals surface area contributed by atoms with E-state index >= 15 is 0 Å². The lowest BCUT2D eigenvalue weighted by molar-refractivity contribution is -0.0514. The average molecular weight is 244 g/mol. The summed E-state index contributed by atoms with van der Waals surface area (Å²) in [4.78, 5) is 0. The number of hydrogen-bond donors (Lipinski definition) is 1. The van der Waals surface area contributed by atoms with E-state index in [1.807, 2.05) is 0 Å². The summed E-state index contributed by atoms with van der Waals surface area (Å²) >= 11 is 5.35. The summed E-state index contributed by atoms with van der Waals surface area (Å²) < 4.78 is 29.5. The van der Waals surface area contributed by atoms with Gasteiger partial charge in [0.25, 0.3) is 0 Å². The zero-order valence-corrected chi connectivity index (χ0v) is 9.46. The van der Waals surface area contributed by atoms with Crippen molar-refractivity contribution in [3.05, 3.63) is 0 Å². The van der Waals surface area contributed by atoms with E-state index in [2.05, 4.69) is 0 Å². The zero-order valence-electron chi connectivity index (χ0n) is 7.89. The SMILES string of the molecule is CC1COC(CO)CN1S(=O)(=O)CCl. The number of morpholine rings is 1. The Kier molecular flexibility index (Phi) is 4.15. The lowest BCUT2D eigenvalue weighted by Crippen LogP contribution is -2.52. The van der Waals surface area contributed by atoms with Gasteiger partial charge in [0.05, 0.1) is 19.3 Å². The molecular weight excluding hydrogens is 230 g/mol. The van der Waals surface area contributed by atoms with Crippen LogP contribution in [0.1, 0.15) is 6.92 Å². The normalized spacial score (nSPS) is 30.5. The maximum atomic E-state index is 11.5. The number of aliphatic hydroxyl groups excluding tert-OH is 1. The molecule has 0 aromatic rings. The van der Waals surface area contributed by atoms with E-state index in [4.69, 9.17) is 21.4 Å². The van der Waals surface area contributed by atoms with Gasteiger partial charge in [0, 0.05) is 12.6 Å². The molecule has 2 unspecified atom stereocenters. The van der Waals surface area contributed by atoms with Crippen LogP contribution in [0.25, 0.3) is 0 Å². The number of aliphatic hydroxyl groups is 1. The van der Waals surface area contributed by atoms with Crippen LogP contribution >= 0.6 is 11.6 Å². The van der Waals surface area contributed by atoms with Crippen molar-refractivity contribution < 1.29 is 18.3 Å². The Bertz CT molecular complexity index is 281. The highest BCUT2D eigenvalue weighted by molar-refractivity contribution is 7.90. The molecule has 0 aliphatic carbocycles. The van der Waals surface area contributed by atoms with E-state index in [1.165, 1.54) is 4.31 Å². The van der Waals surface area contributed by atoms with Gasteiger partial charge in [-0.3, -0.25) is 0 Å². The van der Waals surface area contributed by atoms with Gasteiger partial charge in [-0.2, -0.15) is 4.31 Å². The average Bonchev–Trinajstić information content (AvgIpc) is 2.18. The second-order valence-corrected chi connectivity index (χ2v) is 5.78. The van der Waals surface area contributed by atoms with Gasteiger partial charge in [-0.05, 0) is 6.92 Å². The van der Waals surface area contributed by atoms with Crippen LogP contribution in [0.4, 0.5) is 0 Å². The lowest BCUT2D eigenvalue weighted by Gasteiger charge is -2.35. The minimum atomic E-state index is -3.41. The molecule has 0 bridgehead atoms. The number of nitrogens with zero attached hydrogens (tertiary/aromatic N) is 1. The molecule has 1 aliphatic heterocycles. The second kappa shape index (κ2) is 4.76. The first kappa shape index (κ1) is 12.2. The monoisotopic (exact) mass is 243 g/mol. The largest absolute Gasteiger partial charge is 0.394 e. The predicted molar refractivity (Wildman–Crippen MR) is 52.6 cm³/mol. The molecule has 84 valence electrons. The summed E-state index contributed by atoms with van der Waals surface area (Å²) in [5, 5.41) is 8.42. The molecule has 1 rings (SSSR count). The van der Waals surface area contributed by atoms with Crippen LogP contribution in [0.15, 0.2) is 0 Å². The molecule has 0 aromatic carbocycles. The minimum absolute atomic E-state index is 0.173. The quantitative estimate of drug-likeness (QED) is 0.685. The van der Waals surface area contributed by atoms with Crippen LogP contribution in [-0.2, 0) is 14.8 Å². The van der Waals surface area contributed by atoms with Crippen molar-refractivity contribution in [2.45, 2.75) is 19.1 Å². The Morgan fingerprint density at radius 2 is 2.29 bits per heavy atom. The fourth-order valence-corrected chi connectivity index (χ4v) is 2.86. The van der Waals surface area contributed by atoms with Gasteiger partial charge in [0.1, 0.15) is 5.21 Å². The number of alkyl halides is 1. The number of halogens is 1. The number of ether oxygens (including phenoxy) is 1. The van der Waals surface area contributed by atoms with Gasteiger partial charge in [-0.1, -0.05) is 0 Å². The third-order valence-electron chi connectivity index (χ3n) is 2.15. The van der Waals surface area contributed by atoms with Crippen molar-refractivity contribution >= 4 is 21.6 Å². The summed E-state index contributed by atoms with van der Waals surface area (Å²) in [5.74, 6) is 0. The smallest absolute Gasteiger partial charge is 0.228 e. The van der Waals surface area contributed by atoms with Crippen molar-refractivity contribution in [2.24, 2.45) is 0 Å². The van der Waals surface area contributed by atoms with Crippen LogP contribution in [0.2, 0.25) is 0 Å². The van der Waals surface area contributed by atoms with Crippen LogP contribution in [0.5, 0.6) is 0 Å². The number of rotatable bonds is 3. The highest BCUT2D eigenvalue weighted by atomic mass is 35.5. The molecule has 0 saturated carbocycles. The Labute approximate surface area is 88.7 Å². The Morgan fingerprint density at radius 3 is 2.79 bits per heavy atom. The second-order valence-electron chi connectivity index (χ2n) is 3.28. The molecule has 0 aromatic heterocycles. The summed E-state index contributed by atoms with van der Waals surface area (Å²) in [6.45, 7) is 2.03. The molecule has 0 amide bonds. The molecule has 2 atom stereocenters. The van der Waals surface area contributed by atoms with Crippen LogP contribution in [0, 0.1) is 0 Å². The van der Waals surface area contributed by atoms with Crippen molar-refractivity contribution in [2.75, 3.05) is 25.0 Å². The van der Waals surface area contributed by atoms with E-state index < -0.39 is 21.3 Å². The molecule has 5 nitrogen and oxygen atoms in total. The van der Waals surface area contributed by atoms with Crippen molar-refractivity contribution in [1.82, 2.24) is 4.31 Å². The van der Waals surface area contributed by atoms with Crippen LogP contribution < -0.4 is 0 Å². The molecule has 1 saturated heterocycles. The molecule has 1 heterocycles. The minimum Gasteiger partial charge on any atom is -0.394 e. The fourth-order valence-electron chi connectivity index (χ4n) is 1.35. The summed E-state index contributed by atoms with van der Waals surface area (Å²) in [6.07, 6.45) is -0.441. The molecule has 0 spiro atoms. The van der Waals surface area contributed by atoms with Gasteiger partial charge in [-0.25, -0.2) is 8.42 Å². The molecule has 1 fully saturated rings. The summed E-state index contributed by atoms with van der Waals surface area (Å²) in [6, 6.07) is -0.221. The first-order chi connectivity index (χ1) is 6.51. The number of sulfonamides is 1. The van der Waals surface area contributed by atoms with Crippen molar-refractivity contribution in [3.8, 4) is 0 Å². The van der Waals surface area contributed by atoms with E-state index in [9.17, 15) is 8.42 Å².